The molecule has 1 atom stereocenters. The van der Waals surface area contributed by atoms with E-state index in [1.807, 2.05) is 61.5 Å². The summed E-state index contributed by atoms with van der Waals surface area (Å²) < 4.78 is 0. The van der Waals surface area contributed by atoms with E-state index in [0.717, 1.165) is 17.5 Å². The molecule has 4 heteroatoms. The van der Waals surface area contributed by atoms with Crippen LogP contribution in [0.25, 0.3) is 0 Å². The van der Waals surface area contributed by atoms with E-state index in [4.69, 9.17) is 0 Å². The van der Waals surface area contributed by atoms with Gasteiger partial charge in [-0.3, -0.25) is 9.59 Å². The number of Topliss-reactive ketones (excluding diaryl/α,β-unsaturated/α-hetero) is 1. The van der Waals surface area contributed by atoms with Crippen LogP contribution < -0.4 is 0 Å². The molecule has 2 aromatic carbocycles. The summed E-state index contributed by atoms with van der Waals surface area (Å²) in [5, 5.41) is 10.6. The molecule has 2 aromatic rings. The summed E-state index contributed by atoms with van der Waals surface area (Å²) in [4.78, 5) is 27.4. The Morgan fingerprint density at radius 2 is 1.72 bits per heavy atom. The van der Waals surface area contributed by atoms with E-state index in [2.05, 4.69) is 13.8 Å². The van der Waals surface area contributed by atoms with Crippen LogP contribution in [-0.2, 0) is 16.0 Å². The van der Waals surface area contributed by atoms with Gasteiger partial charge in [-0.15, -0.1) is 0 Å². The fraction of sp³-hybridized carbons (Fsp3) is 0.360. The van der Waals surface area contributed by atoms with Crippen molar-refractivity contribution in [2.45, 2.75) is 52.0 Å². The van der Waals surface area contributed by atoms with Crippen LogP contribution in [0.5, 0.6) is 0 Å². The standard InChI is InChI=1S/C25H29NO3/c1-4-16-26-23(20-13-11-19(12-14-20)17(2)3)22(24(28)25(26)29)21(27)15-10-18-8-6-5-7-9-18/h5-9,11-14,17,23,28H,4,10,15-16H2,1-3H3. The second kappa shape index (κ2) is 9.08. The van der Waals surface area contributed by atoms with Crippen LogP contribution in [0.4, 0.5) is 0 Å². The lowest BCUT2D eigenvalue weighted by Crippen LogP contribution is -2.31. The van der Waals surface area contributed by atoms with Crippen LogP contribution in [0, 0.1) is 0 Å². The van der Waals surface area contributed by atoms with Crippen molar-refractivity contribution in [2.24, 2.45) is 0 Å². The predicted molar refractivity (Wildman–Crippen MR) is 115 cm³/mol. The zero-order valence-electron chi connectivity index (χ0n) is 17.4. The Balaban J connectivity index is 1.90. The highest BCUT2D eigenvalue weighted by Crippen LogP contribution is 2.38. The number of amides is 1. The summed E-state index contributed by atoms with van der Waals surface area (Å²) in [5.74, 6) is -0.615. The van der Waals surface area contributed by atoms with E-state index < -0.39 is 17.7 Å². The maximum Gasteiger partial charge on any atom is 0.290 e. The quantitative estimate of drug-likeness (QED) is 0.680. The first-order valence-electron chi connectivity index (χ1n) is 10.3. The first-order chi connectivity index (χ1) is 13.9. The molecule has 1 amide bonds. The van der Waals surface area contributed by atoms with Gasteiger partial charge in [-0.1, -0.05) is 75.4 Å². The van der Waals surface area contributed by atoms with Crippen LogP contribution in [0.1, 0.15) is 62.3 Å². The Bertz CT molecular complexity index is 897. The minimum atomic E-state index is -0.521. The summed E-state index contributed by atoms with van der Waals surface area (Å²) in [6.45, 7) is 6.73. The molecule has 0 saturated carbocycles. The molecule has 1 unspecified atom stereocenters. The largest absolute Gasteiger partial charge is 0.503 e. The second-order valence-electron chi connectivity index (χ2n) is 7.89. The molecule has 152 valence electrons. The number of aryl methyl sites for hydroxylation is 1. The van der Waals surface area contributed by atoms with Crippen LogP contribution in [0.3, 0.4) is 0 Å². The van der Waals surface area contributed by atoms with Crippen molar-refractivity contribution < 1.29 is 14.7 Å². The summed E-state index contributed by atoms with van der Waals surface area (Å²) in [5.41, 5.74) is 3.36. The van der Waals surface area contributed by atoms with Gasteiger partial charge in [0.05, 0.1) is 11.6 Å². The maximum atomic E-state index is 13.1. The van der Waals surface area contributed by atoms with Gasteiger partial charge < -0.3 is 10.0 Å². The Kier molecular flexibility index (Phi) is 6.53. The minimum absolute atomic E-state index is 0.170. The van der Waals surface area contributed by atoms with Gasteiger partial charge in [0, 0.05) is 13.0 Å². The number of hydrogen-bond donors (Lipinski definition) is 1. The van der Waals surface area contributed by atoms with Crippen molar-refractivity contribution in [2.75, 3.05) is 6.54 Å². The molecular formula is C25H29NO3. The van der Waals surface area contributed by atoms with Crippen LogP contribution >= 0.6 is 0 Å². The number of aliphatic hydroxyl groups is 1. The van der Waals surface area contributed by atoms with E-state index in [1.165, 1.54) is 5.56 Å². The molecule has 0 radical (unpaired) electrons. The summed E-state index contributed by atoms with van der Waals surface area (Å²) in [6.07, 6.45) is 1.60. The third kappa shape index (κ3) is 4.42. The van der Waals surface area contributed by atoms with E-state index in [9.17, 15) is 14.7 Å². The molecule has 0 aromatic heterocycles. The van der Waals surface area contributed by atoms with Gasteiger partial charge in [0.15, 0.2) is 11.5 Å². The zero-order valence-corrected chi connectivity index (χ0v) is 17.4. The van der Waals surface area contributed by atoms with Gasteiger partial charge in [0.2, 0.25) is 0 Å². The molecule has 0 fully saturated rings. The van der Waals surface area contributed by atoms with E-state index >= 15 is 0 Å². The highest BCUT2D eigenvalue weighted by molar-refractivity contribution is 6.09. The number of rotatable bonds is 8. The first kappa shape index (κ1) is 20.8. The molecular weight excluding hydrogens is 362 g/mol. The molecule has 0 aliphatic carbocycles. The highest BCUT2D eigenvalue weighted by Gasteiger charge is 2.42. The summed E-state index contributed by atoms with van der Waals surface area (Å²) >= 11 is 0. The van der Waals surface area contributed by atoms with Gasteiger partial charge in [0.1, 0.15) is 0 Å². The van der Waals surface area contributed by atoms with Crippen molar-refractivity contribution in [1.29, 1.82) is 0 Å². The van der Waals surface area contributed by atoms with Gasteiger partial charge in [-0.25, -0.2) is 0 Å². The van der Waals surface area contributed by atoms with Crippen molar-refractivity contribution in [1.82, 2.24) is 4.90 Å². The lowest BCUT2D eigenvalue weighted by atomic mass is 9.91. The number of carbonyl (C=O) groups excluding carboxylic acids is 2. The SMILES string of the molecule is CCCN1C(=O)C(O)=C(C(=O)CCc2ccccc2)C1c1ccc(C(C)C)cc1. The predicted octanol–water partition coefficient (Wildman–Crippen LogP) is 5.12. The molecule has 0 spiro atoms. The molecule has 1 aliphatic rings. The maximum absolute atomic E-state index is 13.1. The fourth-order valence-corrected chi connectivity index (χ4v) is 3.86. The van der Waals surface area contributed by atoms with Crippen LogP contribution in [-0.4, -0.2) is 28.2 Å². The molecule has 3 rings (SSSR count). The number of carbonyl (C=O) groups is 2. The lowest BCUT2D eigenvalue weighted by molar-refractivity contribution is -0.129. The van der Waals surface area contributed by atoms with E-state index in [-0.39, 0.29) is 17.8 Å². The van der Waals surface area contributed by atoms with Crippen molar-refractivity contribution in [3.8, 4) is 0 Å². The molecule has 1 heterocycles. The van der Waals surface area contributed by atoms with Crippen molar-refractivity contribution in [3.63, 3.8) is 0 Å². The van der Waals surface area contributed by atoms with Crippen molar-refractivity contribution >= 4 is 11.7 Å². The van der Waals surface area contributed by atoms with Crippen LogP contribution in [0.15, 0.2) is 65.9 Å². The Labute approximate surface area is 172 Å². The monoisotopic (exact) mass is 391 g/mol. The van der Waals surface area contributed by atoms with Gasteiger partial charge in [0.25, 0.3) is 5.91 Å². The third-order valence-electron chi connectivity index (χ3n) is 5.47. The van der Waals surface area contributed by atoms with E-state index in [0.29, 0.717) is 18.9 Å². The Morgan fingerprint density at radius 1 is 1.07 bits per heavy atom. The molecule has 1 N–H and O–H groups in total. The molecule has 1 aliphatic heterocycles. The van der Waals surface area contributed by atoms with Gasteiger partial charge >= 0.3 is 0 Å². The first-order valence-corrected chi connectivity index (χ1v) is 10.3. The Hall–Kier alpha value is -2.88. The Morgan fingerprint density at radius 3 is 2.31 bits per heavy atom. The summed E-state index contributed by atoms with van der Waals surface area (Å²) in [7, 11) is 0. The average Bonchev–Trinajstić information content (AvgIpc) is 2.98. The van der Waals surface area contributed by atoms with Gasteiger partial charge in [-0.05, 0) is 35.4 Å². The smallest absolute Gasteiger partial charge is 0.290 e. The van der Waals surface area contributed by atoms with E-state index in [1.54, 1.807) is 4.90 Å². The lowest BCUT2D eigenvalue weighted by Gasteiger charge is -2.26. The second-order valence-corrected chi connectivity index (χ2v) is 7.89. The molecule has 29 heavy (non-hydrogen) atoms. The topological polar surface area (TPSA) is 57.6 Å². The fourth-order valence-electron chi connectivity index (χ4n) is 3.86. The average molecular weight is 392 g/mol. The normalized spacial score (nSPS) is 16.8. The number of nitrogens with zero attached hydrogens (tertiary/aromatic N) is 1. The number of aliphatic hydroxyl groups excluding tert-OH is 1. The molecule has 0 saturated heterocycles. The number of ketones is 1. The number of benzene rings is 2. The minimum Gasteiger partial charge on any atom is -0.503 e. The van der Waals surface area contributed by atoms with Crippen LogP contribution in [0.2, 0.25) is 0 Å². The highest BCUT2D eigenvalue weighted by atomic mass is 16.3. The summed E-state index contributed by atoms with van der Waals surface area (Å²) in [6, 6.07) is 17.3. The zero-order chi connectivity index (χ0) is 21.0. The van der Waals surface area contributed by atoms with Gasteiger partial charge in [-0.2, -0.15) is 0 Å². The molecule has 4 nitrogen and oxygen atoms in total. The number of hydrogen-bond acceptors (Lipinski definition) is 3. The molecule has 0 bridgehead atoms. The third-order valence-corrected chi connectivity index (χ3v) is 5.47. The van der Waals surface area contributed by atoms with Crippen molar-refractivity contribution in [3.05, 3.63) is 82.6 Å².